The highest BCUT2D eigenvalue weighted by Gasteiger charge is 2.62. The van der Waals surface area contributed by atoms with Crippen molar-refractivity contribution in [3.8, 4) is 0 Å². The molecule has 6 saturated heterocycles. The standard InChI is InChI=1S/C26H43NO12S/c1-23(2)32-15-13(30-21-19(17(15)34-23)36-25(5,6)38-21)10-9-11-40(28,29)27-12-14-16-18(35-24(3,4)33-16)20-22(31-14)39-26(7,8)37-20/h13-22,27H,9-12H2,1-8H3/t13-,14-,15+,16+,17+,18+,19-,20-,21-,22-/m1/s1. The number of rotatable bonds is 7. The fraction of sp³-hybridized carbons (Fsp3) is 1.00. The Bertz CT molecular complexity index is 1080. The Hall–Kier alpha value is -0.490. The minimum absolute atomic E-state index is 0.00966. The first-order chi connectivity index (χ1) is 18.4. The third-order valence-corrected chi connectivity index (χ3v) is 9.34. The van der Waals surface area contributed by atoms with Crippen LogP contribution in [0.15, 0.2) is 0 Å². The fourth-order valence-corrected chi connectivity index (χ4v) is 7.65. The number of fused-ring (bicyclic) bond motifs is 6. The highest BCUT2D eigenvalue weighted by atomic mass is 32.2. The van der Waals surface area contributed by atoms with Crippen LogP contribution in [0.2, 0.25) is 0 Å². The molecule has 10 atom stereocenters. The van der Waals surface area contributed by atoms with Gasteiger partial charge in [-0.25, -0.2) is 13.1 Å². The second-order valence-corrected chi connectivity index (χ2v) is 15.2. The molecule has 0 spiro atoms. The van der Waals surface area contributed by atoms with Crippen LogP contribution in [0.4, 0.5) is 0 Å². The van der Waals surface area contributed by atoms with E-state index in [2.05, 4.69) is 4.72 Å². The summed E-state index contributed by atoms with van der Waals surface area (Å²) in [5.41, 5.74) is 0. The van der Waals surface area contributed by atoms with Crippen LogP contribution in [0.3, 0.4) is 0 Å². The molecule has 0 amide bonds. The van der Waals surface area contributed by atoms with Crippen molar-refractivity contribution in [2.24, 2.45) is 0 Å². The molecule has 0 radical (unpaired) electrons. The molecule has 0 aromatic rings. The van der Waals surface area contributed by atoms with Crippen molar-refractivity contribution in [1.82, 2.24) is 4.72 Å². The molecule has 0 saturated carbocycles. The summed E-state index contributed by atoms with van der Waals surface area (Å²) >= 11 is 0. The first kappa shape index (κ1) is 29.6. The Balaban J connectivity index is 1.05. The quantitative estimate of drug-likeness (QED) is 0.458. The van der Waals surface area contributed by atoms with Gasteiger partial charge in [-0.3, -0.25) is 0 Å². The van der Waals surface area contributed by atoms with E-state index in [1.165, 1.54) is 0 Å². The summed E-state index contributed by atoms with van der Waals surface area (Å²) in [6.45, 7) is 14.6. The Morgan fingerprint density at radius 3 is 1.48 bits per heavy atom. The highest BCUT2D eigenvalue weighted by Crippen LogP contribution is 2.46. The van der Waals surface area contributed by atoms with Crippen LogP contribution in [0, 0.1) is 0 Å². The lowest BCUT2D eigenvalue weighted by molar-refractivity contribution is -0.234. The minimum atomic E-state index is -3.65. The van der Waals surface area contributed by atoms with E-state index in [0.717, 1.165) is 0 Å². The van der Waals surface area contributed by atoms with E-state index in [9.17, 15) is 8.42 Å². The predicted molar refractivity (Wildman–Crippen MR) is 136 cm³/mol. The zero-order chi connectivity index (χ0) is 28.9. The smallest absolute Gasteiger partial charge is 0.211 e. The van der Waals surface area contributed by atoms with E-state index >= 15 is 0 Å². The van der Waals surface area contributed by atoms with Crippen molar-refractivity contribution in [3.63, 3.8) is 0 Å². The van der Waals surface area contributed by atoms with Crippen molar-refractivity contribution in [1.29, 1.82) is 0 Å². The molecule has 1 N–H and O–H groups in total. The van der Waals surface area contributed by atoms with Gasteiger partial charge in [0, 0.05) is 6.54 Å². The van der Waals surface area contributed by atoms with Gasteiger partial charge in [-0.15, -0.1) is 0 Å². The van der Waals surface area contributed by atoms with E-state index in [1.807, 2.05) is 41.5 Å². The number of sulfonamides is 1. The summed E-state index contributed by atoms with van der Waals surface area (Å²) in [7, 11) is -3.65. The van der Waals surface area contributed by atoms with E-state index in [1.54, 1.807) is 13.8 Å². The number of nitrogens with one attached hydrogen (secondary N) is 1. The van der Waals surface area contributed by atoms with Gasteiger partial charge in [0.15, 0.2) is 35.7 Å². The predicted octanol–water partition coefficient (Wildman–Crippen LogP) is 1.48. The molecule has 6 aliphatic heterocycles. The van der Waals surface area contributed by atoms with Crippen LogP contribution in [0.5, 0.6) is 0 Å². The van der Waals surface area contributed by atoms with E-state index in [0.29, 0.717) is 12.8 Å². The second kappa shape index (κ2) is 9.76. The van der Waals surface area contributed by atoms with Gasteiger partial charge in [0.2, 0.25) is 10.0 Å². The third-order valence-electron chi connectivity index (χ3n) is 7.91. The van der Waals surface area contributed by atoms with Crippen LogP contribution in [-0.4, -0.2) is 105 Å². The van der Waals surface area contributed by atoms with Gasteiger partial charge in [0.25, 0.3) is 0 Å². The Morgan fingerprint density at radius 2 is 0.950 bits per heavy atom. The average molecular weight is 594 g/mol. The van der Waals surface area contributed by atoms with Crippen molar-refractivity contribution in [2.75, 3.05) is 12.3 Å². The minimum Gasteiger partial charge on any atom is -0.344 e. The molecule has 0 aromatic carbocycles. The molecule has 0 bridgehead atoms. The van der Waals surface area contributed by atoms with Gasteiger partial charge in [0.1, 0.15) is 42.7 Å². The van der Waals surface area contributed by atoms with Crippen LogP contribution >= 0.6 is 0 Å². The molecule has 6 aliphatic rings. The summed E-state index contributed by atoms with van der Waals surface area (Å²) in [5.74, 6) is -3.43. The number of ether oxygens (including phenoxy) is 10. The molecule has 230 valence electrons. The van der Waals surface area contributed by atoms with Gasteiger partial charge in [0.05, 0.1) is 11.9 Å². The van der Waals surface area contributed by atoms with Gasteiger partial charge in [-0.1, -0.05) is 0 Å². The number of hydrogen-bond donors (Lipinski definition) is 1. The lowest BCUT2D eigenvalue weighted by Gasteiger charge is -2.37. The van der Waals surface area contributed by atoms with Gasteiger partial charge >= 0.3 is 0 Å². The van der Waals surface area contributed by atoms with Gasteiger partial charge in [-0.2, -0.15) is 0 Å². The molecule has 0 aromatic heterocycles. The molecule has 6 rings (SSSR count). The maximum absolute atomic E-state index is 13.0. The van der Waals surface area contributed by atoms with Crippen molar-refractivity contribution in [2.45, 2.75) is 153 Å². The normalized spacial score (nSPS) is 46.0. The largest absolute Gasteiger partial charge is 0.344 e. The van der Waals surface area contributed by atoms with Gasteiger partial charge in [-0.05, 0) is 68.2 Å². The monoisotopic (exact) mass is 593 g/mol. The van der Waals surface area contributed by atoms with Crippen molar-refractivity contribution in [3.05, 3.63) is 0 Å². The molecule has 40 heavy (non-hydrogen) atoms. The zero-order valence-electron chi connectivity index (χ0n) is 24.4. The van der Waals surface area contributed by atoms with Crippen molar-refractivity contribution >= 4 is 10.0 Å². The number of hydrogen-bond acceptors (Lipinski definition) is 12. The summed E-state index contributed by atoms with van der Waals surface area (Å²) < 4.78 is 89.4. The molecule has 13 nitrogen and oxygen atoms in total. The molecule has 6 fully saturated rings. The molecular formula is C26H43NO12S. The van der Waals surface area contributed by atoms with E-state index < -0.39 is 88.5 Å². The highest BCUT2D eigenvalue weighted by molar-refractivity contribution is 7.89. The average Bonchev–Trinajstić information content (AvgIpc) is 3.49. The maximum Gasteiger partial charge on any atom is 0.211 e. The van der Waals surface area contributed by atoms with Gasteiger partial charge < -0.3 is 47.4 Å². The second-order valence-electron chi connectivity index (χ2n) is 13.2. The summed E-state index contributed by atoms with van der Waals surface area (Å²) in [6, 6.07) is 0. The van der Waals surface area contributed by atoms with E-state index in [4.69, 9.17) is 47.4 Å². The Kier molecular flexibility index (Phi) is 7.22. The summed E-state index contributed by atoms with van der Waals surface area (Å²) in [4.78, 5) is 0. The molecular weight excluding hydrogens is 550 g/mol. The van der Waals surface area contributed by atoms with E-state index in [-0.39, 0.29) is 18.4 Å². The third kappa shape index (κ3) is 5.84. The molecule has 0 unspecified atom stereocenters. The van der Waals surface area contributed by atoms with Crippen LogP contribution in [-0.2, 0) is 57.4 Å². The lowest BCUT2D eigenvalue weighted by atomic mass is 9.96. The first-order valence-electron chi connectivity index (χ1n) is 14.1. The Morgan fingerprint density at radius 1 is 0.550 bits per heavy atom. The molecule has 6 heterocycles. The maximum atomic E-state index is 13.0. The SMILES string of the molecule is CC1(C)O[C@H]2[C@@H](O1)[C@@H](CCCS(=O)(=O)NC[C@H]1O[C@@H]3OC(C)(C)O[C@@H]3[C@H]3OC(C)(C)O[C@H]31)O[C@@H]1OC(C)(C)O[C@@H]12. The Labute approximate surface area is 235 Å². The van der Waals surface area contributed by atoms with Crippen molar-refractivity contribution < 1.29 is 55.8 Å². The van der Waals surface area contributed by atoms with Crippen LogP contribution in [0.25, 0.3) is 0 Å². The lowest BCUT2D eigenvalue weighted by Crippen LogP contribution is -2.58. The molecule has 14 heteroatoms. The van der Waals surface area contributed by atoms with Crippen LogP contribution in [0.1, 0.15) is 68.2 Å². The summed E-state index contributed by atoms with van der Waals surface area (Å²) in [6.07, 6.45) is -4.18. The molecule has 0 aliphatic carbocycles. The van der Waals surface area contributed by atoms with Crippen LogP contribution < -0.4 is 4.72 Å². The topological polar surface area (TPSA) is 138 Å². The summed E-state index contributed by atoms with van der Waals surface area (Å²) in [5, 5.41) is 0. The first-order valence-corrected chi connectivity index (χ1v) is 15.8. The zero-order valence-corrected chi connectivity index (χ0v) is 25.2. The fourth-order valence-electron chi connectivity index (χ4n) is 6.54.